The van der Waals surface area contributed by atoms with E-state index >= 15 is 0 Å². The molecule has 0 saturated heterocycles. The quantitative estimate of drug-likeness (QED) is 0.386. The molecule has 8 heteroatoms. The second-order valence-electron chi connectivity index (χ2n) is 4.31. The average molecular weight is 363 g/mol. The van der Waals surface area contributed by atoms with Crippen molar-refractivity contribution in [2.45, 2.75) is 24.9 Å². The normalized spacial score (nSPS) is 11.0. The van der Waals surface area contributed by atoms with Gasteiger partial charge >= 0.3 is 6.18 Å². The predicted octanol–water partition coefficient (Wildman–Crippen LogP) is 5.77. The van der Waals surface area contributed by atoms with Crippen molar-refractivity contribution in [1.82, 2.24) is 0 Å². The number of rotatable bonds is 4. The van der Waals surface area contributed by atoms with Gasteiger partial charge in [-0.1, -0.05) is 5.57 Å². The zero-order valence-electron chi connectivity index (χ0n) is 11.9. The minimum absolute atomic E-state index is 0.212. The Morgan fingerprint density at radius 3 is 2.32 bits per heavy atom. The molecule has 118 valence electrons. The first-order valence-electron chi connectivity index (χ1n) is 5.92. The van der Waals surface area contributed by atoms with Crippen LogP contribution in [0.15, 0.2) is 33.6 Å². The number of carbonyl (C=O) groups excluding carboxylic acids is 1. The van der Waals surface area contributed by atoms with Crippen molar-refractivity contribution >= 4 is 38.5 Å². The molecule has 0 N–H and O–H groups in total. The smallest absolute Gasteiger partial charge is 0.281 e. The molecule has 0 amide bonds. The number of benzene rings is 1. The summed E-state index contributed by atoms with van der Waals surface area (Å²) >= 11 is 1.08. The van der Waals surface area contributed by atoms with Gasteiger partial charge in [0.25, 0.3) is 0 Å². The van der Waals surface area contributed by atoms with Crippen molar-refractivity contribution in [3.63, 3.8) is 0 Å². The molecule has 0 fully saturated rings. The maximum absolute atomic E-state index is 12.7. The van der Waals surface area contributed by atoms with E-state index in [0.717, 1.165) is 51.1 Å². The van der Waals surface area contributed by atoms with Crippen LogP contribution in [0, 0.1) is 11.3 Å². The number of hydrogen-bond donors (Lipinski definition) is 0. The van der Waals surface area contributed by atoms with Gasteiger partial charge in [-0.25, -0.2) is 0 Å². The van der Waals surface area contributed by atoms with Gasteiger partial charge in [-0.2, -0.15) is 18.4 Å². The maximum Gasteiger partial charge on any atom is 0.416 e. The minimum atomic E-state index is -4.44. The summed E-state index contributed by atoms with van der Waals surface area (Å²) in [6.07, 6.45) is -2.83. The van der Waals surface area contributed by atoms with E-state index in [2.05, 4.69) is 0 Å². The Bertz CT molecular complexity index is 644. The molecule has 22 heavy (non-hydrogen) atoms. The molecular formula is C14H12F3NOS3. The lowest BCUT2D eigenvalue weighted by Gasteiger charge is -2.11. The maximum atomic E-state index is 12.7. The van der Waals surface area contributed by atoms with Crippen molar-refractivity contribution < 1.29 is 18.0 Å². The van der Waals surface area contributed by atoms with Crippen molar-refractivity contribution in [3.8, 4) is 6.07 Å². The molecule has 0 aromatic heterocycles. The fraction of sp³-hybridized carbons (Fsp3) is 0.286. The summed E-state index contributed by atoms with van der Waals surface area (Å²) < 4.78 is 38.0. The summed E-state index contributed by atoms with van der Waals surface area (Å²) in [7, 11) is 1.85. The van der Waals surface area contributed by atoms with E-state index in [1.165, 1.54) is 6.07 Å². The van der Waals surface area contributed by atoms with E-state index in [0.29, 0.717) is 4.91 Å². The highest BCUT2D eigenvalue weighted by Gasteiger charge is 2.31. The van der Waals surface area contributed by atoms with Gasteiger partial charge in [0, 0.05) is 10.5 Å². The van der Waals surface area contributed by atoms with E-state index in [1.54, 1.807) is 20.1 Å². The first-order valence-corrected chi connectivity index (χ1v) is 9.29. The van der Waals surface area contributed by atoms with Gasteiger partial charge in [-0.05, 0) is 59.9 Å². The number of nitriles is 1. The second kappa shape index (κ2) is 7.99. The Labute approximate surface area is 138 Å². The van der Waals surface area contributed by atoms with Crippen LogP contribution in [0.25, 0.3) is 0 Å². The Kier molecular flexibility index (Phi) is 6.91. The fourth-order valence-corrected chi connectivity index (χ4v) is 4.05. The number of allylic oxidation sites excluding steroid dienone is 2. The lowest BCUT2D eigenvalue weighted by atomic mass is 10.1. The molecule has 0 bridgehead atoms. The molecule has 0 aliphatic rings. The van der Waals surface area contributed by atoms with Crippen molar-refractivity contribution in [1.29, 1.82) is 5.26 Å². The third kappa shape index (κ3) is 5.00. The van der Waals surface area contributed by atoms with Gasteiger partial charge in [0.1, 0.15) is 6.07 Å². The van der Waals surface area contributed by atoms with E-state index in [4.69, 9.17) is 5.26 Å². The fourth-order valence-electron chi connectivity index (χ4n) is 1.37. The number of thioether (sulfide) groups is 1. The Morgan fingerprint density at radius 1 is 1.23 bits per heavy atom. The molecule has 0 unspecified atom stereocenters. The largest absolute Gasteiger partial charge is 0.416 e. The molecule has 1 aromatic rings. The van der Waals surface area contributed by atoms with Crippen molar-refractivity contribution in [2.75, 3.05) is 6.26 Å². The van der Waals surface area contributed by atoms with Crippen molar-refractivity contribution in [3.05, 3.63) is 39.8 Å². The number of hydrogen-bond acceptors (Lipinski definition) is 5. The molecule has 1 aromatic carbocycles. The lowest BCUT2D eigenvalue weighted by molar-refractivity contribution is -0.137. The number of alkyl halides is 3. The van der Waals surface area contributed by atoms with Crippen LogP contribution in [0.4, 0.5) is 13.2 Å². The SMILES string of the molecule is CSc1cc(C(F)(F)F)ccc1C(=O)SSC(C#N)=C(C)C. The molecule has 1 rings (SSSR count). The molecule has 0 aliphatic carbocycles. The minimum Gasteiger partial charge on any atom is -0.281 e. The third-order valence-electron chi connectivity index (χ3n) is 2.51. The van der Waals surface area contributed by atoms with Crippen LogP contribution in [0.1, 0.15) is 29.8 Å². The van der Waals surface area contributed by atoms with Crippen LogP contribution < -0.4 is 0 Å². The van der Waals surface area contributed by atoms with Gasteiger partial charge in [0.15, 0.2) is 0 Å². The molecular weight excluding hydrogens is 351 g/mol. The molecule has 0 heterocycles. The molecule has 0 radical (unpaired) electrons. The van der Waals surface area contributed by atoms with Gasteiger partial charge < -0.3 is 0 Å². The van der Waals surface area contributed by atoms with Crippen LogP contribution in [-0.4, -0.2) is 11.4 Å². The highest BCUT2D eigenvalue weighted by molar-refractivity contribution is 8.83. The van der Waals surface area contributed by atoms with E-state index in [-0.39, 0.29) is 15.6 Å². The third-order valence-corrected chi connectivity index (χ3v) is 5.61. The first kappa shape index (κ1) is 19.0. The highest BCUT2D eigenvalue weighted by Crippen LogP contribution is 2.38. The highest BCUT2D eigenvalue weighted by atomic mass is 33.1. The van der Waals surface area contributed by atoms with Crippen LogP contribution >= 0.6 is 33.3 Å². The van der Waals surface area contributed by atoms with Crippen LogP contribution in [0.3, 0.4) is 0 Å². The monoisotopic (exact) mass is 363 g/mol. The van der Waals surface area contributed by atoms with E-state index in [1.807, 2.05) is 6.07 Å². The zero-order valence-corrected chi connectivity index (χ0v) is 14.4. The summed E-state index contributed by atoms with van der Waals surface area (Å²) in [6.45, 7) is 3.50. The van der Waals surface area contributed by atoms with Gasteiger partial charge in [0.2, 0.25) is 5.12 Å². The summed E-state index contributed by atoms with van der Waals surface area (Å²) in [5.41, 5.74) is 0.211. The van der Waals surface area contributed by atoms with Crippen LogP contribution in [0.2, 0.25) is 0 Å². The Hall–Kier alpha value is -1.04. The number of carbonyl (C=O) groups is 1. The van der Waals surface area contributed by atoms with Crippen molar-refractivity contribution in [2.24, 2.45) is 0 Å². The number of nitrogens with zero attached hydrogens (tertiary/aromatic N) is 1. The van der Waals surface area contributed by atoms with Gasteiger partial charge in [-0.15, -0.1) is 11.8 Å². The Balaban J connectivity index is 3.00. The topological polar surface area (TPSA) is 40.9 Å². The standard InChI is InChI=1S/C14H12F3NOS3/c1-8(2)12(7-18)21-22-13(19)10-5-4-9(14(15,16)17)6-11(10)20-3/h4-6H,1-3H3. The molecule has 0 spiro atoms. The second-order valence-corrected chi connectivity index (χ2v) is 7.27. The molecule has 2 nitrogen and oxygen atoms in total. The lowest BCUT2D eigenvalue weighted by Crippen LogP contribution is -2.06. The van der Waals surface area contributed by atoms with E-state index < -0.39 is 11.7 Å². The average Bonchev–Trinajstić information content (AvgIpc) is 2.45. The van der Waals surface area contributed by atoms with Gasteiger partial charge in [0.05, 0.1) is 10.5 Å². The summed E-state index contributed by atoms with van der Waals surface area (Å²) in [5.74, 6) is 0. The summed E-state index contributed by atoms with van der Waals surface area (Å²) in [4.78, 5) is 12.8. The van der Waals surface area contributed by atoms with E-state index in [9.17, 15) is 18.0 Å². The predicted molar refractivity (Wildman–Crippen MR) is 86.7 cm³/mol. The summed E-state index contributed by atoms with van der Waals surface area (Å²) in [6, 6.07) is 5.02. The molecule has 0 aliphatic heterocycles. The molecule has 0 saturated carbocycles. The first-order chi connectivity index (χ1) is 10.2. The zero-order chi connectivity index (χ0) is 16.9. The van der Waals surface area contributed by atoms with Crippen LogP contribution in [0.5, 0.6) is 0 Å². The Morgan fingerprint density at radius 2 is 1.86 bits per heavy atom. The summed E-state index contributed by atoms with van der Waals surface area (Å²) in [5, 5.41) is 8.55. The number of halogens is 3. The van der Waals surface area contributed by atoms with Gasteiger partial charge in [-0.3, -0.25) is 4.79 Å². The molecule has 0 atom stereocenters. The van der Waals surface area contributed by atoms with Crippen LogP contribution in [-0.2, 0) is 6.18 Å².